The summed E-state index contributed by atoms with van der Waals surface area (Å²) in [5, 5.41) is 2.77. The molecule has 0 aromatic heterocycles. The molecule has 1 saturated carbocycles. The number of alkyl halides is 3. The fourth-order valence-electron chi connectivity index (χ4n) is 2.25. The Morgan fingerprint density at radius 2 is 1.63 bits per heavy atom. The van der Waals surface area contributed by atoms with Crippen molar-refractivity contribution in [2.24, 2.45) is 17.1 Å². The number of carbonyl (C=O) groups excluding carboxylic acids is 1. The fourth-order valence-corrected chi connectivity index (χ4v) is 2.25. The second kappa shape index (κ2) is 5.69. The smallest absolute Gasteiger partial charge is 0.352 e. The van der Waals surface area contributed by atoms with Crippen LogP contribution in [0.2, 0.25) is 0 Å². The molecule has 0 radical (unpaired) electrons. The van der Waals surface area contributed by atoms with Crippen LogP contribution in [0.3, 0.4) is 0 Å². The van der Waals surface area contributed by atoms with E-state index >= 15 is 0 Å². The number of nitrogens with two attached hydrogens (primary N) is 1. The summed E-state index contributed by atoms with van der Waals surface area (Å²) in [6, 6.07) is -0.827. The van der Waals surface area contributed by atoms with Crippen molar-refractivity contribution in [3.05, 3.63) is 0 Å². The van der Waals surface area contributed by atoms with Crippen LogP contribution in [0, 0.1) is 11.3 Å². The Morgan fingerprint density at radius 1 is 1.16 bits per heavy atom. The van der Waals surface area contributed by atoms with Crippen LogP contribution in [0.15, 0.2) is 0 Å². The summed E-state index contributed by atoms with van der Waals surface area (Å²) in [6.45, 7) is 5.58. The predicted octanol–water partition coefficient (Wildman–Crippen LogP) is 2.60. The molecule has 0 saturated heterocycles. The number of hydrogen-bond donors (Lipinski definition) is 2. The molecule has 1 fully saturated rings. The van der Waals surface area contributed by atoms with Crippen LogP contribution in [0.1, 0.15) is 46.5 Å². The lowest BCUT2D eigenvalue weighted by Crippen LogP contribution is -2.52. The maximum atomic E-state index is 12.5. The number of nitrogens with one attached hydrogen (secondary N) is 1. The maximum absolute atomic E-state index is 12.5. The minimum absolute atomic E-state index is 0.0825. The van der Waals surface area contributed by atoms with Crippen LogP contribution in [0.25, 0.3) is 0 Å². The lowest BCUT2D eigenvalue weighted by atomic mass is 9.84. The molecule has 0 aromatic carbocycles. The summed E-state index contributed by atoms with van der Waals surface area (Å²) in [5.41, 5.74) is 5.46. The van der Waals surface area contributed by atoms with E-state index in [9.17, 15) is 18.0 Å². The Labute approximate surface area is 112 Å². The highest BCUT2D eigenvalue weighted by Gasteiger charge is 2.41. The van der Waals surface area contributed by atoms with Crippen molar-refractivity contribution in [3.8, 4) is 0 Å². The molecule has 0 aromatic rings. The van der Waals surface area contributed by atoms with Gasteiger partial charge in [-0.3, -0.25) is 4.79 Å². The van der Waals surface area contributed by atoms with Crippen molar-refractivity contribution in [2.75, 3.05) is 0 Å². The largest absolute Gasteiger partial charge is 0.391 e. The van der Waals surface area contributed by atoms with Crippen molar-refractivity contribution in [2.45, 2.75) is 64.7 Å². The highest BCUT2D eigenvalue weighted by atomic mass is 19.4. The van der Waals surface area contributed by atoms with Crippen LogP contribution in [-0.4, -0.2) is 24.2 Å². The molecular formula is C13H23F3N2O. The van der Waals surface area contributed by atoms with Gasteiger partial charge in [0.1, 0.15) is 0 Å². The standard InChI is InChI=1S/C13H23F3N2O/c1-12(2,3)10(17)11(19)18-9-6-4-8(5-7-9)13(14,15)16/h8-10H,4-7,17H2,1-3H3,(H,18,19)/t8?,9?,10-/m0/s1. The van der Waals surface area contributed by atoms with E-state index in [1.807, 2.05) is 20.8 Å². The molecule has 0 aliphatic heterocycles. The van der Waals surface area contributed by atoms with Gasteiger partial charge in [0.2, 0.25) is 5.91 Å². The number of amides is 1. The van der Waals surface area contributed by atoms with Gasteiger partial charge in [0.05, 0.1) is 12.0 Å². The van der Waals surface area contributed by atoms with Crippen molar-refractivity contribution < 1.29 is 18.0 Å². The molecule has 112 valence electrons. The van der Waals surface area contributed by atoms with Gasteiger partial charge in [0.15, 0.2) is 0 Å². The predicted molar refractivity (Wildman–Crippen MR) is 67.4 cm³/mol. The van der Waals surface area contributed by atoms with Gasteiger partial charge in [-0.15, -0.1) is 0 Å². The molecule has 3 N–H and O–H groups in total. The molecule has 0 unspecified atom stereocenters. The molecule has 0 spiro atoms. The first-order chi connectivity index (χ1) is 8.51. The third-order valence-electron chi connectivity index (χ3n) is 3.75. The van der Waals surface area contributed by atoms with Gasteiger partial charge in [-0.1, -0.05) is 20.8 Å². The van der Waals surface area contributed by atoms with Crippen molar-refractivity contribution >= 4 is 5.91 Å². The van der Waals surface area contributed by atoms with Crippen molar-refractivity contribution in [3.63, 3.8) is 0 Å². The summed E-state index contributed by atoms with van der Waals surface area (Å²) in [7, 11) is 0. The minimum atomic E-state index is -4.11. The number of rotatable bonds is 2. The van der Waals surface area contributed by atoms with Gasteiger partial charge in [-0.25, -0.2) is 0 Å². The average Bonchev–Trinajstić information content (AvgIpc) is 2.26. The molecule has 0 bridgehead atoms. The van der Waals surface area contributed by atoms with Crippen LogP contribution < -0.4 is 11.1 Å². The molecule has 1 amide bonds. The van der Waals surface area contributed by atoms with E-state index in [4.69, 9.17) is 5.73 Å². The Balaban J connectivity index is 2.44. The van der Waals surface area contributed by atoms with E-state index in [0.29, 0.717) is 12.8 Å². The number of carbonyl (C=O) groups is 1. The van der Waals surface area contributed by atoms with Crippen LogP contribution in [0.5, 0.6) is 0 Å². The van der Waals surface area contributed by atoms with Gasteiger partial charge in [0.25, 0.3) is 0 Å². The van der Waals surface area contributed by atoms with Crippen molar-refractivity contribution in [1.82, 2.24) is 5.32 Å². The van der Waals surface area contributed by atoms with Gasteiger partial charge >= 0.3 is 6.18 Å². The molecule has 1 atom stereocenters. The number of hydrogen-bond acceptors (Lipinski definition) is 2. The van der Waals surface area contributed by atoms with Gasteiger partial charge in [-0.05, 0) is 31.1 Å². The van der Waals surface area contributed by atoms with Gasteiger partial charge in [-0.2, -0.15) is 13.2 Å². The van der Waals surface area contributed by atoms with Gasteiger partial charge < -0.3 is 11.1 Å². The summed E-state index contributed by atoms with van der Waals surface area (Å²) in [5.74, 6) is -1.50. The van der Waals surface area contributed by atoms with E-state index in [1.165, 1.54) is 0 Å². The molecule has 1 aliphatic rings. The fraction of sp³-hybridized carbons (Fsp3) is 0.923. The molecular weight excluding hydrogens is 257 g/mol. The van der Waals surface area contributed by atoms with E-state index in [2.05, 4.69) is 5.32 Å². The van der Waals surface area contributed by atoms with Crippen LogP contribution in [-0.2, 0) is 4.79 Å². The quantitative estimate of drug-likeness (QED) is 0.817. The monoisotopic (exact) mass is 280 g/mol. The lowest BCUT2D eigenvalue weighted by Gasteiger charge is -2.32. The molecule has 6 heteroatoms. The Morgan fingerprint density at radius 3 is 2.00 bits per heavy atom. The molecule has 19 heavy (non-hydrogen) atoms. The Kier molecular flexibility index (Phi) is 4.87. The lowest BCUT2D eigenvalue weighted by molar-refractivity contribution is -0.182. The third kappa shape index (κ3) is 4.67. The second-order valence-corrected chi connectivity index (χ2v) is 6.44. The zero-order valence-corrected chi connectivity index (χ0v) is 11.7. The molecule has 1 rings (SSSR count). The van der Waals surface area contributed by atoms with E-state index < -0.39 is 18.1 Å². The zero-order valence-electron chi connectivity index (χ0n) is 11.7. The third-order valence-corrected chi connectivity index (χ3v) is 3.75. The average molecular weight is 280 g/mol. The van der Waals surface area contributed by atoms with Crippen molar-refractivity contribution in [1.29, 1.82) is 0 Å². The first-order valence-corrected chi connectivity index (χ1v) is 6.64. The van der Waals surface area contributed by atoms with Crippen LogP contribution in [0.4, 0.5) is 13.2 Å². The first kappa shape index (κ1) is 16.3. The summed E-state index contributed by atoms with van der Waals surface area (Å²) in [4.78, 5) is 11.9. The first-order valence-electron chi connectivity index (χ1n) is 6.64. The Hall–Kier alpha value is -0.780. The zero-order chi connectivity index (χ0) is 14.8. The SMILES string of the molecule is CC(C)(C)[C@@H](N)C(=O)NC1CCC(C(F)(F)F)CC1. The number of halogens is 3. The van der Waals surface area contributed by atoms with Gasteiger partial charge in [0, 0.05) is 6.04 Å². The van der Waals surface area contributed by atoms with E-state index in [-0.39, 0.29) is 30.2 Å². The highest BCUT2D eigenvalue weighted by Crippen LogP contribution is 2.37. The second-order valence-electron chi connectivity index (χ2n) is 6.44. The molecule has 1 aliphatic carbocycles. The summed E-state index contributed by atoms with van der Waals surface area (Å²) < 4.78 is 37.5. The summed E-state index contributed by atoms with van der Waals surface area (Å²) in [6.07, 6.45) is -3.21. The van der Waals surface area contributed by atoms with E-state index in [1.54, 1.807) is 0 Å². The molecule has 0 heterocycles. The highest BCUT2D eigenvalue weighted by molar-refractivity contribution is 5.82. The molecule has 3 nitrogen and oxygen atoms in total. The maximum Gasteiger partial charge on any atom is 0.391 e. The normalized spacial score (nSPS) is 26.9. The van der Waals surface area contributed by atoms with E-state index in [0.717, 1.165) is 0 Å². The minimum Gasteiger partial charge on any atom is -0.352 e. The van der Waals surface area contributed by atoms with Crippen LogP contribution >= 0.6 is 0 Å². The topological polar surface area (TPSA) is 55.1 Å². The Bertz CT molecular complexity index is 315. The summed E-state index contributed by atoms with van der Waals surface area (Å²) >= 11 is 0.